The second kappa shape index (κ2) is 4.74. The highest BCUT2D eigenvalue weighted by Crippen LogP contribution is 2.34. The van der Waals surface area contributed by atoms with E-state index in [0.29, 0.717) is 6.04 Å². The highest BCUT2D eigenvalue weighted by atomic mass is 32.1. The van der Waals surface area contributed by atoms with E-state index in [4.69, 9.17) is 0 Å². The molecule has 96 valence electrons. The van der Waals surface area contributed by atoms with Crippen LogP contribution in [0.1, 0.15) is 34.6 Å². The van der Waals surface area contributed by atoms with Crippen molar-refractivity contribution in [2.75, 3.05) is 7.05 Å². The number of aromatic nitrogens is 5. The second-order valence-corrected chi connectivity index (χ2v) is 6.11. The molecular formula is C11H16N6S. The van der Waals surface area contributed by atoms with Gasteiger partial charge in [-0.2, -0.15) is 0 Å². The molecule has 3 rings (SSSR count). The maximum Gasteiger partial charge on any atom is 0.165 e. The zero-order valence-electron chi connectivity index (χ0n) is 10.6. The van der Waals surface area contributed by atoms with E-state index in [1.165, 1.54) is 17.7 Å². The predicted molar refractivity (Wildman–Crippen MR) is 68.1 cm³/mol. The number of thiazole rings is 1. The third kappa shape index (κ3) is 2.56. The molecule has 7 heteroatoms. The molecule has 0 N–H and O–H groups in total. The summed E-state index contributed by atoms with van der Waals surface area (Å²) in [5.74, 6) is 0.959. The van der Waals surface area contributed by atoms with Crippen molar-refractivity contribution in [3.8, 4) is 0 Å². The second-order valence-electron chi connectivity index (χ2n) is 4.79. The molecule has 0 amide bonds. The summed E-state index contributed by atoms with van der Waals surface area (Å²) < 4.78 is 1.97. The predicted octanol–water partition coefficient (Wildman–Crippen LogP) is 1.40. The lowest BCUT2D eigenvalue weighted by Gasteiger charge is -2.14. The summed E-state index contributed by atoms with van der Waals surface area (Å²) in [5.41, 5.74) is 0. The lowest BCUT2D eigenvalue weighted by Crippen LogP contribution is -2.19. The van der Waals surface area contributed by atoms with Crippen molar-refractivity contribution >= 4 is 11.3 Å². The molecular weight excluding hydrogens is 248 g/mol. The Morgan fingerprint density at radius 1 is 1.44 bits per heavy atom. The monoisotopic (exact) mass is 264 g/mol. The Bertz CT molecular complexity index is 529. The van der Waals surface area contributed by atoms with Gasteiger partial charge in [0.25, 0.3) is 0 Å². The summed E-state index contributed by atoms with van der Waals surface area (Å²) in [5, 5.41) is 13.1. The van der Waals surface area contributed by atoms with Crippen molar-refractivity contribution in [2.45, 2.75) is 38.9 Å². The van der Waals surface area contributed by atoms with E-state index in [-0.39, 0.29) is 0 Å². The van der Waals surface area contributed by atoms with E-state index in [9.17, 15) is 0 Å². The molecule has 0 atom stereocenters. The first-order valence-electron chi connectivity index (χ1n) is 6.09. The van der Waals surface area contributed by atoms with Crippen LogP contribution in [0.3, 0.4) is 0 Å². The van der Waals surface area contributed by atoms with E-state index in [2.05, 4.69) is 32.5 Å². The van der Waals surface area contributed by atoms with Gasteiger partial charge >= 0.3 is 0 Å². The molecule has 2 aromatic heterocycles. The fourth-order valence-corrected chi connectivity index (χ4v) is 2.84. The smallest absolute Gasteiger partial charge is 0.165 e. The lowest BCUT2D eigenvalue weighted by atomic mass is 10.4. The van der Waals surface area contributed by atoms with Gasteiger partial charge in [0.2, 0.25) is 0 Å². The van der Waals surface area contributed by atoms with Crippen LogP contribution >= 0.6 is 11.3 Å². The van der Waals surface area contributed by atoms with Gasteiger partial charge in [-0.1, -0.05) is 0 Å². The van der Waals surface area contributed by atoms with Gasteiger partial charge in [-0.3, -0.25) is 4.90 Å². The van der Waals surface area contributed by atoms with Gasteiger partial charge in [-0.25, -0.2) is 9.67 Å². The maximum atomic E-state index is 4.27. The summed E-state index contributed by atoms with van der Waals surface area (Å²) in [6, 6.07) is 0.536. The van der Waals surface area contributed by atoms with Crippen LogP contribution in [0.25, 0.3) is 0 Å². The quantitative estimate of drug-likeness (QED) is 0.817. The molecule has 1 aliphatic carbocycles. The molecule has 0 spiro atoms. The molecule has 0 aliphatic heterocycles. The molecule has 2 heterocycles. The van der Waals surface area contributed by atoms with Gasteiger partial charge in [0.1, 0.15) is 0 Å². The van der Waals surface area contributed by atoms with Gasteiger partial charge < -0.3 is 0 Å². The first kappa shape index (κ1) is 11.7. The zero-order chi connectivity index (χ0) is 12.5. The molecule has 0 aromatic carbocycles. The van der Waals surface area contributed by atoms with E-state index in [1.807, 2.05) is 17.8 Å². The Morgan fingerprint density at radius 3 is 2.94 bits per heavy atom. The molecule has 0 unspecified atom stereocenters. The van der Waals surface area contributed by atoms with Gasteiger partial charge in [0, 0.05) is 17.6 Å². The SMILES string of the molecule is Cc1ncc(CN(C)Cc2nnnn2C2CC2)s1. The molecule has 18 heavy (non-hydrogen) atoms. The van der Waals surface area contributed by atoms with E-state index in [0.717, 1.165) is 23.9 Å². The van der Waals surface area contributed by atoms with Gasteiger partial charge in [0.05, 0.1) is 17.6 Å². The van der Waals surface area contributed by atoms with Crippen molar-refractivity contribution in [2.24, 2.45) is 0 Å². The third-order valence-electron chi connectivity index (χ3n) is 2.96. The van der Waals surface area contributed by atoms with Crippen LogP contribution in [0, 0.1) is 6.92 Å². The Hall–Kier alpha value is -1.34. The maximum absolute atomic E-state index is 4.27. The van der Waals surface area contributed by atoms with Crippen LogP contribution in [0.4, 0.5) is 0 Å². The van der Waals surface area contributed by atoms with Crippen molar-refractivity contribution < 1.29 is 0 Å². The van der Waals surface area contributed by atoms with Crippen LogP contribution in [0.15, 0.2) is 6.20 Å². The van der Waals surface area contributed by atoms with Crippen LogP contribution < -0.4 is 0 Å². The van der Waals surface area contributed by atoms with Crippen molar-refractivity contribution in [3.63, 3.8) is 0 Å². The zero-order valence-corrected chi connectivity index (χ0v) is 11.4. The molecule has 1 fully saturated rings. The summed E-state index contributed by atoms with van der Waals surface area (Å²) >= 11 is 1.74. The summed E-state index contributed by atoms with van der Waals surface area (Å²) in [6.07, 6.45) is 4.35. The average molecular weight is 264 g/mol. The van der Waals surface area contributed by atoms with Gasteiger partial charge in [-0.05, 0) is 37.2 Å². The molecule has 0 bridgehead atoms. The molecule has 1 saturated carbocycles. The van der Waals surface area contributed by atoms with Crippen molar-refractivity contribution in [1.29, 1.82) is 0 Å². The topological polar surface area (TPSA) is 59.7 Å². The third-order valence-corrected chi connectivity index (χ3v) is 3.86. The average Bonchev–Trinajstić information content (AvgIpc) is 2.94. The Morgan fingerprint density at radius 2 is 2.28 bits per heavy atom. The molecule has 1 aliphatic rings. The number of nitrogens with zero attached hydrogens (tertiary/aromatic N) is 6. The number of hydrogen-bond donors (Lipinski definition) is 0. The van der Waals surface area contributed by atoms with E-state index < -0.39 is 0 Å². The van der Waals surface area contributed by atoms with Crippen molar-refractivity contribution in [1.82, 2.24) is 30.1 Å². The normalized spacial score (nSPS) is 15.5. The first-order valence-corrected chi connectivity index (χ1v) is 6.90. The Kier molecular flexibility index (Phi) is 3.09. The van der Waals surface area contributed by atoms with Gasteiger partial charge in [-0.15, -0.1) is 16.4 Å². The fraction of sp³-hybridized carbons (Fsp3) is 0.636. The highest BCUT2D eigenvalue weighted by Gasteiger charge is 2.27. The number of aryl methyl sites for hydroxylation is 1. The lowest BCUT2D eigenvalue weighted by molar-refractivity contribution is 0.305. The number of hydrogen-bond acceptors (Lipinski definition) is 6. The minimum absolute atomic E-state index is 0.536. The van der Waals surface area contributed by atoms with Crippen LogP contribution in [0.2, 0.25) is 0 Å². The molecule has 6 nitrogen and oxygen atoms in total. The van der Waals surface area contributed by atoms with Crippen LogP contribution in [-0.2, 0) is 13.1 Å². The van der Waals surface area contributed by atoms with Crippen molar-refractivity contribution in [3.05, 3.63) is 21.9 Å². The Labute approximate surface area is 110 Å². The summed E-state index contributed by atoms with van der Waals surface area (Å²) in [6.45, 7) is 3.70. The van der Waals surface area contributed by atoms with E-state index >= 15 is 0 Å². The first-order chi connectivity index (χ1) is 8.72. The summed E-state index contributed by atoms with van der Waals surface area (Å²) in [7, 11) is 2.08. The summed E-state index contributed by atoms with van der Waals surface area (Å²) in [4.78, 5) is 7.77. The Balaban J connectivity index is 1.63. The minimum atomic E-state index is 0.536. The van der Waals surface area contributed by atoms with E-state index in [1.54, 1.807) is 11.3 Å². The largest absolute Gasteiger partial charge is 0.294 e. The van der Waals surface area contributed by atoms with Crippen LogP contribution in [-0.4, -0.2) is 37.1 Å². The highest BCUT2D eigenvalue weighted by molar-refractivity contribution is 7.11. The minimum Gasteiger partial charge on any atom is -0.294 e. The standard InChI is InChI=1S/C11H16N6S/c1-8-12-5-10(18-8)6-16(2)7-11-13-14-15-17(11)9-3-4-9/h5,9H,3-4,6-7H2,1-2H3. The number of tetrazole rings is 1. The van der Waals surface area contributed by atoms with Crippen LogP contribution in [0.5, 0.6) is 0 Å². The molecule has 2 aromatic rings. The molecule has 0 radical (unpaired) electrons. The van der Waals surface area contributed by atoms with Gasteiger partial charge in [0.15, 0.2) is 5.82 Å². The molecule has 0 saturated heterocycles. The fourth-order valence-electron chi connectivity index (χ4n) is 1.96. The number of rotatable bonds is 5.